The van der Waals surface area contributed by atoms with Gasteiger partial charge in [-0.05, 0) is 30.7 Å². The van der Waals surface area contributed by atoms with Crippen LogP contribution in [0.25, 0.3) is 56.1 Å². The third-order valence-corrected chi connectivity index (χ3v) is 5.25. The number of rotatable bonds is 2. The van der Waals surface area contributed by atoms with Gasteiger partial charge in [0.05, 0.1) is 5.52 Å². The molecule has 5 heteroatoms. The summed E-state index contributed by atoms with van der Waals surface area (Å²) in [5.41, 5.74) is 6.71. The van der Waals surface area contributed by atoms with Gasteiger partial charge in [0.1, 0.15) is 5.69 Å². The van der Waals surface area contributed by atoms with Gasteiger partial charge in [-0.3, -0.25) is 0 Å². The van der Waals surface area contributed by atoms with E-state index in [1.54, 1.807) is 0 Å². The Bertz CT molecular complexity index is 1460. The lowest BCUT2D eigenvalue weighted by Crippen LogP contribution is -1.93. The number of aromatic nitrogens is 4. The van der Waals surface area contributed by atoms with Crippen molar-refractivity contribution in [2.45, 2.75) is 6.92 Å². The van der Waals surface area contributed by atoms with Gasteiger partial charge in [-0.25, -0.2) is 4.98 Å². The number of aromatic amines is 1. The number of benzene rings is 3. The van der Waals surface area contributed by atoms with Crippen LogP contribution < -0.4 is 0 Å². The zero-order valence-corrected chi connectivity index (χ0v) is 15.7. The van der Waals surface area contributed by atoms with Crippen LogP contribution in [0.15, 0.2) is 77.2 Å². The number of hydrogen-bond donors (Lipinski definition) is 1. The van der Waals surface area contributed by atoms with Crippen molar-refractivity contribution in [3.8, 4) is 34.3 Å². The van der Waals surface area contributed by atoms with Crippen LogP contribution in [0, 0.1) is 6.92 Å². The summed E-state index contributed by atoms with van der Waals surface area (Å²) in [4.78, 5) is 8.07. The standard InChI is InChI=1S/C24H16N4O/c1-14-11-12-19-17(13-14)20(15-7-3-2-4-8-15)22(25-19)24-28-27-21-16-9-5-6-10-18(16)26-23(21)29-24/h2-13,25H,1H3. The highest BCUT2D eigenvalue weighted by atomic mass is 16.4. The molecule has 6 rings (SSSR count). The Kier molecular flexibility index (Phi) is 3.32. The van der Waals surface area contributed by atoms with E-state index < -0.39 is 0 Å². The van der Waals surface area contributed by atoms with Crippen LogP contribution in [-0.4, -0.2) is 20.2 Å². The van der Waals surface area contributed by atoms with Crippen LogP contribution >= 0.6 is 0 Å². The lowest BCUT2D eigenvalue weighted by molar-refractivity contribution is 0.529. The minimum atomic E-state index is 0.424. The van der Waals surface area contributed by atoms with Crippen molar-refractivity contribution in [1.82, 2.24) is 20.2 Å². The largest absolute Gasteiger partial charge is 0.414 e. The van der Waals surface area contributed by atoms with Gasteiger partial charge in [-0.15, -0.1) is 10.2 Å². The molecule has 5 nitrogen and oxygen atoms in total. The molecular weight excluding hydrogens is 360 g/mol. The van der Waals surface area contributed by atoms with Crippen molar-refractivity contribution in [2.24, 2.45) is 0 Å². The lowest BCUT2D eigenvalue weighted by atomic mass is 10.0. The molecule has 0 amide bonds. The molecule has 3 heterocycles. The molecule has 0 atom stereocenters. The molecule has 0 aliphatic carbocycles. The number of hydrogen-bond acceptors (Lipinski definition) is 4. The second kappa shape index (κ2) is 6.01. The fourth-order valence-corrected chi connectivity index (χ4v) is 3.90. The van der Waals surface area contributed by atoms with Crippen molar-refractivity contribution in [1.29, 1.82) is 0 Å². The van der Waals surface area contributed by atoms with Gasteiger partial charge >= 0.3 is 0 Å². The molecule has 4 aromatic rings. The molecule has 0 bridgehead atoms. The summed E-state index contributed by atoms with van der Waals surface area (Å²) in [6.07, 6.45) is 0. The minimum absolute atomic E-state index is 0.424. The molecule has 1 aromatic heterocycles. The van der Waals surface area contributed by atoms with Crippen LogP contribution in [0.3, 0.4) is 0 Å². The summed E-state index contributed by atoms with van der Waals surface area (Å²) < 4.78 is 6.14. The van der Waals surface area contributed by atoms with Gasteiger partial charge in [0.25, 0.3) is 11.8 Å². The Hall–Kier alpha value is -3.99. The van der Waals surface area contributed by atoms with E-state index in [1.165, 1.54) is 5.56 Å². The predicted octanol–water partition coefficient (Wildman–Crippen LogP) is 5.85. The number of nitrogens with one attached hydrogen (secondary N) is 1. The van der Waals surface area contributed by atoms with E-state index in [1.807, 2.05) is 42.5 Å². The molecular formula is C24H16N4O. The van der Waals surface area contributed by atoms with Crippen molar-refractivity contribution < 1.29 is 4.42 Å². The van der Waals surface area contributed by atoms with Crippen LogP contribution in [0.4, 0.5) is 0 Å². The average Bonchev–Trinajstić information content (AvgIpc) is 3.31. The Balaban J connectivity index is 1.65. The molecule has 3 aromatic carbocycles. The Morgan fingerprint density at radius 1 is 0.793 bits per heavy atom. The van der Waals surface area contributed by atoms with E-state index in [4.69, 9.17) is 4.42 Å². The Morgan fingerprint density at radius 2 is 1.62 bits per heavy atom. The van der Waals surface area contributed by atoms with Crippen LogP contribution in [0.1, 0.15) is 5.56 Å². The van der Waals surface area contributed by atoms with E-state index >= 15 is 0 Å². The van der Waals surface area contributed by atoms with Gasteiger partial charge in [0.2, 0.25) is 0 Å². The monoisotopic (exact) mass is 376 g/mol. The number of aryl methyl sites for hydroxylation is 1. The number of H-pyrrole nitrogens is 1. The minimum Gasteiger partial charge on any atom is -0.414 e. The molecule has 0 spiro atoms. The third kappa shape index (κ3) is 2.44. The lowest BCUT2D eigenvalue weighted by Gasteiger charge is -2.05. The molecule has 0 fully saturated rings. The highest BCUT2D eigenvalue weighted by Crippen LogP contribution is 2.39. The summed E-state index contributed by atoms with van der Waals surface area (Å²) in [5.74, 6) is 0.915. The van der Waals surface area contributed by atoms with Crippen molar-refractivity contribution in [3.63, 3.8) is 0 Å². The maximum atomic E-state index is 6.14. The smallest absolute Gasteiger partial charge is 0.264 e. The average molecular weight is 376 g/mol. The summed E-state index contributed by atoms with van der Waals surface area (Å²) in [7, 11) is 0. The zero-order valence-electron chi connectivity index (χ0n) is 15.7. The molecule has 2 aliphatic rings. The molecule has 138 valence electrons. The van der Waals surface area contributed by atoms with E-state index in [2.05, 4.69) is 57.4 Å². The fraction of sp³-hybridized carbons (Fsp3) is 0.0417. The molecule has 0 saturated carbocycles. The van der Waals surface area contributed by atoms with Crippen molar-refractivity contribution in [2.75, 3.05) is 0 Å². The first-order chi connectivity index (χ1) is 14.3. The predicted molar refractivity (Wildman–Crippen MR) is 114 cm³/mol. The SMILES string of the molecule is Cc1ccc2[nH]c(-c3nnc4c5ccccc5nc-4o3)c(-c3ccccc3)c2c1. The fourth-order valence-electron chi connectivity index (χ4n) is 3.90. The second-order valence-electron chi connectivity index (χ2n) is 7.18. The second-order valence-corrected chi connectivity index (χ2v) is 7.18. The van der Waals surface area contributed by atoms with Crippen LogP contribution in [0.5, 0.6) is 0 Å². The number of nitrogens with zero attached hydrogens (tertiary/aromatic N) is 3. The molecule has 0 saturated heterocycles. The Labute approximate surface area is 166 Å². The highest BCUT2D eigenvalue weighted by molar-refractivity contribution is 6.03. The third-order valence-electron chi connectivity index (χ3n) is 5.25. The topological polar surface area (TPSA) is 67.6 Å². The molecule has 2 aliphatic heterocycles. The molecule has 1 N–H and O–H groups in total. The summed E-state index contributed by atoms with van der Waals surface area (Å²) in [6, 6.07) is 24.5. The number of fused-ring (bicyclic) bond motifs is 4. The van der Waals surface area contributed by atoms with Crippen molar-refractivity contribution >= 4 is 21.8 Å². The first-order valence-corrected chi connectivity index (χ1v) is 9.48. The van der Waals surface area contributed by atoms with E-state index in [0.717, 1.165) is 38.6 Å². The normalized spacial score (nSPS) is 11.6. The molecule has 0 radical (unpaired) electrons. The summed E-state index contributed by atoms with van der Waals surface area (Å²) >= 11 is 0. The maximum absolute atomic E-state index is 6.14. The number of para-hydroxylation sites is 1. The van der Waals surface area contributed by atoms with Gasteiger partial charge in [-0.2, -0.15) is 0 Å². The highest BCUT2D eigenvalue weighted by Gasteiger charge is 2.22. The first-order valence-electron chi connectivity index (χ1n) is 9.48. The van der Waals surface area contributed by atoms with Gasteiger partial charge in [0, 0.05) is 21.9 Å². The quantitative estimate of drug-likeness (QED) is 0.412. The molecule has 29 heavy (non-hydrogen) atoms. The maximum Gasteiger partial charge on any atom is 0.264 e. The Morgan fingerprint density at radius 3 is 2.52 bits per heavy atom. The summed E-state index contributed by atoms with van der Waals surface area (Å²) in [5, 5.41) is 10.9. The zero-order chi connectivity index (χ0) is 19.4. The van der Waals surface area contributed by atoms with Crippen LogP contribution in [-0.2, 0) is 0 Å². The molecule has 0 unspecified atom stereocenters. The van der Waals surface area contributed by atoms with Gasteiger partial charge in [0.15, 0.2) is 5.69 Å². The van der Waals surface area contributed by atoms with Gasteiger partial charge < -0.3 is 9.40 Å². The first kappa shape index (κ1) is 16.0. The van der Waals surface area contributed by atoms with Crippen LogP contribution in [0.2, 0.25) is 0 Å². The van der Waals surface area contributed by atoms with Gasteiger partial charge in [-0.1, -0.05) is 60.2 Å². The van der Waals surface area contributed by atoms with E-state index in [0.29, 0.717) is 17.5 Å². The summed E-state index contributed by atoms with van der Waals surface area (Å²) in [6.45, 7) is 2.09. The van der Waals surface area contributed by atoms with E-state index in [-0.39, 0.29) is 0 Å². The van der Waals surface area contributed by atoms with Crippen molar-refractivity contribution in [3.05, 3.63) is 78.4 Å². The van der Waals surface area contributed by atoms with E-state index in [9.17, 15) is 0 Å².